The lowest BCUT2D eigenvalue weighted by atomic mass is 9.72. The second-order valence-electron chi connectivity index (χ2n) is 11.5. The van der Waals surface area contributed by atoms with Crippen molar-refractivity contribution in [3.8, 4) is 0 Å². The normalized spacial score (nSPS) is 30.6. The minimum Gasteiger partial charge on any atom is -0.449 e. The van der Waals surface area contributed by atoms with Crippen LogP contribution in [0.4, 0.5) is 23.9 Å². The maximum atomic E-state index is 12.5. The number of ether oxygens (including phenoxy) is 1. The van der Waals surface area contributed by atoms with Crippen molar-refractivity contribution >= 4 is 23.9 Å². The van der Waals surface area contributed by atoms with Crippen LogP contribution in [0.2, 0.25) is 0 Å². The SMILES string of the molecule is C[C@@H](CC(F)(F)F)NC(=O)OCC1CC(c2cnc(NC3(C)C=CC4=C(CCC45CC(=O)NC5=O)C3)nc2)C1. The Labute approximate surface area is 224 Å². The lowest BCUT2D eigenvalue weighted by Crippen LogP contribution is -2.38. The summed E-state index contributed by atoms with van der Waals surface area (Å²) in [7, 11) is 0. The fourth-order valence-electron chi connectivity index (χ4n) is 6.20. The molecule has 1 aromatic heterocycles. The van der Waals surface area contributed by atoms with Gasteiger partial charge in [-0.15, -0.1) is 0 Å². The van der Waals surface area contributed by atoms with Crippen LogP contribution in [-0.4, -0.2) is 52.2 Å². The molecular weight excluding hydrogens is 515 g/mol. The van der Waals surface area contributed by atoms with Crippen molar-refractivity contribution in [1.29, 1.82) is 0 Å². The van der Waals surface area contributed by atoms with Crippen LogP contribution in [0, 0.1) is 11.3 Å². The van der Waals surface area contributed by atoms with E-state index >= 15 is 0 Å². The molecule has 210 valence electrons. The van der Waals surface area contributed by atoms with E-state index in [1.165, 1.54) is 12.5 Å². The molecule has 9 nitrogen and oxygen atoms in total. The van der Waals surface area contributed by atoms with Gasteiger partial charge >= 0.3 is 12.3 Å². The molecule has 0 bridgehead atoms. The number of nitrogens with one attached hydrogen (secondary N) is 3. The van der Waals surface area contributed by atoms with Crippen LogP contribution in [0.15, 0.2) is 35.7 Å². The summed E-state index contributed by atoms with van der Waals surface area (Å²) in [5, 5.41) is 8.06. The van der Waals surface area contributed by atoms with Crippen molar-refractivity contribution in [3.63, 3.8) is 0 Å². The number of amides is 3. The number of alkyl halides is 3. The highest BCUT2D eigenvalue weighted by molar-refractivity contribution is 6.08. The fraction of sp³-hybridized carbons (Fsp3) is 0.593. The maximum absolute atomic E-state index is 12.5. The zero-order valence-corrected chi connectivity index (χ0v) is 21.9. The van der Waals surface area contributed by atoms with Crippen molar-refractivity contribution in [1.82, 2.24) is 20.6 Å². The van der Waals surface area contributed by atoms with Gasteiger partial charge in [0.15, 0.2) is 0 Å². The number of imide groups is 1. The Kier molecular flexibility index (Phi) is 6.92. The highest BCUT2D eigenvalue weighted by Crippen LogP contribution is 2.52. The Morgan fingerprint density at radius 2 is 1.95 bits per heavy atom. The van der Waals surface area contributed by atoms with Crippen LogP contribution in [-0.2, 0) is 14.3 Å². The third-order valence-electron chi connectivity index (χ3n) is 8.23. The van der Waals surface area contributed by atoms with E-state index in [4.69, 9.17) is 4.74 Å². The van der Waals surface area contributed by atoms with Gasteiger partial charge in [-0.1, -0.05) is 17.7 Å². The lowest BCUT2D eigenvalue weighted by molar-refractivity contribution is -0.138. The highest BCUT2D eigenvalue weighted by Gasteiger charge is 2.53. The number of hydrogen-bond donors (Lipinski definition) is 3. The largest absolute Gasteiger partial charge is 0.449 e. The first-order valence-electron chi connectivity index (χ1n) is 13.2. The average Bonchev–Trinajstić information content (AvgIpc) is 3.30. The smallest absolute Gasteiger partial charge is 0.407 e. The zero-order chi connectivity index (χ0) is 28.0. The van der Waals surface area contributed by atoms with Crippen LogP contribution in [0.5, 0.6) is 0 Å². The third-order valence-corrected chi connectivity index (χ3v) is 8.23. The molecule has 1 aromatic rings. The predicted molar refractivity (Wildman–Crippen MR) is 134 cm³/mol. The molecule has 1 aliphatic heterocycles. The summed E-state index contributed by atoms with van der Waals surface area (Å²) in [6, 6.07) is -1.05. The average molecular weight is 548 g/mol. The van der Waals surface area contributed by atoms with E-state index in [1.807, 2.05) is 19.1 Å². The second kappa shape index (κ2) is 9.95. The van der Waals surface area contributed by atoms with Crippen LogP contribution in [0.25, 0.3) is 0 Å². The van der Waals surface area contributed by atoms with Crippen LogP contribution in [0.3, 0.4) is 0 Å². The van der Waals surface area contributed by atoms with Crippen molar-refractivity contribution in [2.24, 2.45) is 11.3 Å². The molecule has 2 fully saturated rings. The second-order valence-corrected chi connectivity index (χ2v) is 11.5. The summed E-state index contributed by atoms with van der Waals surface area (Å²) in [6.45, 7) is 3.49. The molecule has 3 N–H and O–H groups in total. The highest BCUT2D eigenvalue weighted by atomic mass is 19.4. The Balaban J connectivity index is 1.08. The van der Waals surface area contributed by atoms with Gasteiger partial charge in [0, 0.05) is 24.9 Å². The predicted octanol–water partition coefficient (Wildman–Crippen LogP) is 4.29. The number of alkyl carbamates (subject to hydrolysis) is 1. The molecule has 1 spiro atoms. The van der Waals surface area contributed by atoms with Gasteiger partial charge in [-0.05, 0) is 68.9 Å². The van der Waals surface area contributed by atoms with Crippen LogP contribution < -0.4 is 16.0 Å². The van der Waals surface area contributed by atoms with Gasteiger partial charge in [0.25, 0.3) is 0 Å². The molecular formula is C27H32F3N5O4. The summed E-state index contributed by atoms with van der Waals surface area (Å²) in [5.74, 6) is 0.443. The number of aromatic nitrogens is 2. The number of carbonyl (C=O) groups is 3. The minimum atomic E-state index is -4.34. The summed E-state index contributed by atoms with van der Waals surface area (Å²) < 4.78 is 42.3. The Bertz CT molecular complexity index is 1220. The Hall–Kier alpha value is -3.44. The number of hydrogen-bond acceptors (Lipinski definition) is 7. The van der Waals surface area contributed by atoms with Crippen molar-refractivity contribution in [3.05, 3.63) is 41.3 Å². The quantitative estimate of drug-likeness (QED) is 0.436. The monoisotopic (exact) mass is 547 g/mol. The molecule has 3 amide bonds. The number of anilines is 1. The summed E-state index contributed by atoms with van der Waals surface area (Å²) in [5.41, 5.74) is 1.98. The number of fused-ring (bicyclic) bond motifs is 1. The molecule has 1 saturated heterocycles. The molecule has 39 heavy (non-hydrogen) atoms. The van der Waals surface area contributed by atoms with Crippen molar-refractivity contribution < 1.29 is 32.3 Å². The van der Waals surface area contributed by atoms with E-state index < -0.39 is 35.7 Å². The van der Waals surface area contributed by atoms with Gasteiger partial charge in [0.2, 0.25) is 17.8 Å². The number of halogens is 3. The van der Waals surface area contributed by atoms with E-state index in [0.717, 1.165) is 30.4 Å². The van der Waals surface area contributed by atoms with E-state index in [0.29, 0.717) is 18.8 Å². The molecule has 2 heterocycles. The molecule has 3 aliphatic carbocycles. The summed E-state index contributed by atoms with van der Waals surface area (Å²) in [6.07, 6.45) is 5.15. The molecule has 0 aromatic carbocycles. The van der Waals surface area contributed by atoms with Crippen LogP contribution >= 0.6 is 0 Å². The lowest BCUT2D eigenvalue weighted by Gasteiger charge is -2.35. The maximum Gasteiger partial charge on any atom is 0.407 e. The van der Waals surface area contributed by atoms with Gasteiger partial charge in [-0.3, -0.25) is 14.9 Å². The molecule has 5 rings (SSSR count). The van der Waals surface area contributed by atoms with Gasteiger partial charge in [-0.2, -0.15) is 13.2 Å². The van der Waals surface area contributed by atoms with Gasteiger partial charge < -0.3 is 15.4 Å². The van der Waals surface area contributed by atoms with E-state index in [1.54, 1.807) is 12.4 Å². The van der Waals surface area contributed by atoms with Crippen molar-refractivity contribution in [2.45, 2.75) is 82.5 Å². The summed E-state index contributed by atoms with van der Waals surface area (Å²) in [4.78, 5) is 45.1. The molecule has 3 atom stereocenters. The van der Waals surface area contributed by atoms with E-state index in [2.05, 4.69) is 25.9 Å². The molecule has 1 saturated carbocycles. The number of carbonyl (C=O) groups excluding carboxylic acids is 3. The standard InChI is InChI=1S/C27H32F3N5O4/c1-15(9-27(28,29)30)33-24(38)39-14-16-7-18(8-16)19-12-31-23(32-13-19)35-25(2)5-4-20-17(10-25)3-6-26(20)11-21(36)34-22(26)37/h4-5,12-13,15-16,18H,3,6-11,14H2,1-2H3,(H,33,38)(H,31,32,35)(H,34,36,37)/t15-,16?,18?,25?,26?/m0/s1. The van der Waals surface area contributed by atoms with E-state index in [-0.39, 0.29) is 36.7 Å². The number of allylic oxidation sites excluding steroid dienone is 1. The minimum absolute atomic E-state index is 0.136. The topological polar surface area (TPSA) is 122 Å². The first-order valence-corrected chi connectivity index (χ1v) is 13.2. The molecule has 0 radical (unpaired) electrons. The Morgan fingerprint density at radius 3 is 2.59 bits per heavy atom. The summed E-state index contributed by atoms with van der Waals surface area (Å²) >= 11 is 0. The number of nitrogens with zero attached hydrogens (tertiary/aromatic N) is 2. The first-order chi connectivity index (χ1) is 18.3. The van der Waals surface area contributed by atoms with Crippen molar-refractivity contribution in [2.75, 3.05) is 11.9 Å². The van der Waals surface area contributed by atoms with Gasteiger partial charge in [0.1, 0.15) is 0 Å². The number of rotatable bonds is 7. The zero-order valence-electron chi connectivity index (χ0n) is 21.9. The van der Waals surface area contributed by atoms with Gasteiger partial charge in [-0.25, -0.2) is 14.8 Å². The molecule has 2 unspecified atom stereocenters. The third kappa shape index (κ3) is 5.79. The molecule has 12 heteroatoms. The first kappa shape index (κ1) is 27.1. The Morgan fingerprint density at radius 1 is 1.23 bits per heavy atom. The van der Waals surface area contributed by atoms with Gasteiger partial charge in [0.05, 0.1) is 24.0 Å². The fourth-order valence-corrected chi connectivity index (χ4v) is 6.20. The van der Waals surface area contributed by atoms with Crippen LogP contribution in [0.1, 0.15) is 70.3 Å². The van der Waals surface area contributed by atoms with E-state index in [9.17, 15) is 27.6 Å². The molecule has 4 aliphatic rings.